The van der Waals surface area contributed by atoms with Crippen molar-refractivity contribution in [2.45, 2.75) is 37.6 Å². The molecule has 7 nitrogen and oxygen atoms in total. The molecule has 2 heterocycles. The van der Waals surface area contributed by atoms with Gasteiger partial charge < -0.3 is 15.5 Å². The molecule has 0 atom stereocenters. The molecule has 2 aliphatic heterocycles. The van der Waals surface area contributed by atoms with Crippen molar-refractivity contribution in [3.05, 3.63) is 46.5 Å². The molecule has 0 radical (unpaired) electrons. The lowest BCUT2D eigenvalue weighted by atomic mass is 9.97. The molecule has 3 fully saturated rings. The maximum atomic E-state index is 12.8. The first-order valence-electron chi connectivity index (χ1n) is 10.9. The Morgan fingerprint density at radius 1 is 1.10 bits per heavy atom. The van der Waals surface area contributed by atoms with E-state index >= 15 is 0 Å². The molecule has 8 heteroatoms. The van der Waals surface area contributed by atoms with Crippen LogP contribution in [-0.4, -0.2) is 77.7 Å². The van der Waals surface area contributed by atoms with Crippen LogP contribution in [0.1, 0.15) is 46.7 Å². The Labute approximate surface area is 187 Å². The van der Waals surface area contributed by atoms with Crippen LogP contribution in [0.15, 0.2) is 24.8 Å². The summed E-state index contributed by atoms with van der Waals surface area (Å²) in [6.45, 7) is 7.97. The van der Waals surface area contributed by atoms with Crippen LogP contribution in [-0.2, 0) is 16.0 Å². The lowest BCUT2D eigenvalue weighted by Gasteiger charge is -2.47. The van der Waals surface area contributed by atoms with Crippen LogP contribution in [0.2, 0.25) is 5.02 Å². The summed E-state index contributed by atoms with van der Waals surface area (Å²) in [4.78, 5) is 42.3. The Morgan fingerprint density at radius 2 is 1.77 bits per heavy atom. The predicted molar refractivity (Wildman–Crippen MR) is 119 cm³/mol. The van der Waals surface area contributed by atoms with E-state index in [0.717, 1.165) is 50.1 Å². The van der Waals surface area contributed by atoms with Crippen molar-refractivity contribution in [2.75, 3.05) is 39.3 Å². The van der Waals surface area contributed by atoms with Gasteiger partial charge in [0.25, 0.3) is 0 Å². The van der Waals surface area contributed by atoms with E-state index in [9.17, 15) is 14.4 Å². The monoisotopic (exact) mass is 444 g/mol. The average Bonchev–Trinajstić information content (AvgIpc) is 3.56. The minimum absolute atomic E-state index is 0.0209. The van der Waals surface area contributed by atoms with Crippen molar-refractivity contribution < 1.29 is 14.4 Å². The maximum absolute atomic E-state index is 12.8. The Hall–Kier alpha value is -2.38. The van der Waals surface area contributed by atoms with Crippen LogP contribution < -0.4 is 5.73 Å². The molecule has 31 heavy (non-hydrogen) atoms. The van der Waals surface area contributed by atoms with Gasteiger partial charge in [-0.2, -0.15) is 0 Å². The second-order valence-electron chi connectivity index (χ2n) is 8.69. The van der Waals surface area contributed by atoms with E-state index in [4.69, 9.17) is 17.3 Å². The first-order valence-corrected chi connectivity index (χ1v) is 11.3. The summed E-state index contributed by atoms with van der Waals surface area (Å²) >= 11 is 6.34. The van der Waals surface area contributed by atoms with E-state index in [1.807, 2.05) is 11.0 Å². The quantitative estimate of drug-likeness (QED) is 0.649. The molecule has 1 saturated carbocycles. The number of rotatable bonds is 7. The van der Waals surface area contributed by atoms with Gasteiger partial charge in [0.1, 0.15) is 0 Å². The van der Waals surface area contributed by atoms with Crippen molar-refractivity contribution >= 4 is 29.3 Å². The number of carbonyl (C=O) groups is 3. The van der Waals surface area contributed by atoms with E-state index in [1.165, 1.54) is 6.08 Å². The smallest absolute Gasteiger partial charge is 0.249 e. The number of amides is 3. The van der Waals surface area contributed by atoms with Gasteiger partial charge in [-0.15, -0.1) is 0 Å². The standard InChI is InChI=1S/C23H29ClN4O3/c1-2-21(29)28-13-17(14-28)26-7-9-27(10-8-26)22(30)6-5-16-11-18(15-3-4-15)20(24)12-19(16)23(25)31/h2,11-12,15,17H,1,3-10,13-14H2,(H2,25,31). The lowest BCUT2D eigenvalue weighted by molar-refractivity contribution is -0.136. The van der Waals surface area contributed by atoms with Crippen LogP contribution in [0.4, 0.5) is 0 Å². The highest BCUT2D eigenvalue weighted by atomic mass is 35.5. The number of nitrogens with two attached hydrogens (primary N) is 1. The molecule has 1 aromatic carbocycles. The third kappa shape index (κ3) is 4.77. The highest BCUT2D eigenvalue weighted by Crippen LogP contribution is 2.44. The summed E-state index contributed by atoms with van der Waals surface area (Å²) in [5, 5.41) is 0.590. The molecule has 0 aromatic heterocycles. The number of nitrogens with zero attached hydrogens (tertiary/aromatic N) is 3. The first-order chi connectivity index (χ1) is 14.9. The number of aryl methyl sites for hydroxylation is 1. The van der Waals surface area contributed by atoms with Gasteiger partial charge in [-0.1, -0.05) is 24.2 Å². The Kier molecular flexibility index (Phi) is 6.34. The molecule has 166 valence electrons. The molecule has 0 bridgehead atoms. The van der Waals surface area contributed by atoms with Gasteiger partial charge in [-0.05, 0) is 48.4 Å². The van der Waals surface area contributed by atoms with Crippen molar-refractivity contribution in [1.29, 1.82) is 0 Å². The highest BCUT2D eigenvalue weighted by Gasteiger charge is 2.35. The number of carbonyl (C=O) groups excluding carboxylic acids is 3. The van der Waals surface area contributed by atoms with Gasteiger partial charge in [0, 0.05) is 62.3 Å². The van der Waals surface area contributed by atoms with Gasteiger partial charge in [0.2, 0.25) is 17.7 Å². The zero-order valence-corrected chi connectivity index (χ0v) is 18.4. The Morgan fingerprint density at radius 3 is 2.35 bits per heavy atom. The average molecular weight is 445 g/mol. The number of hydrogen-bond donors (Lipinski definition) is 1. The Bertz CT molecular complexity index is 900. The number of benzene rings is 1. The molecule has 0 unspecified atom stereocenters. The maximum Gasteiger partial charge on any atom is 0.249 e. The normalized spacial score (nSPS) is 19.8. The summed E-state index contributed by atoms with van der Waals surface area (Å²) < 4.78 is 0. The molecule has 2 N–H and O–H groups in total. The van der Waals surface area contributed by atoms with Gasteiger partial charge in [0.05, 0.1) is 0 Å². The number of primary amides is 1. The van der Waals surface area contributed by atoms with Gasteiger partial charge >= 0.3 is 0 Å². The molecule has 1 aliphatic carbocycles. The van der Waals surface area contributed by atoms with Crippen molar-refractivity contribution in [1.82, 2.24) is 14.7 Å². The van der Waals surface area contributed by atoms with Crippen LogP contribution in [0.3, 0.4) is 0 Å². The van der Waals surface area contributed by atoms with Crippen LogP contribution in [0.25, 0.3) is 0 Å². The minimum Gasteiger partial charge on any atom is -0.366 e. The molecule has 3 aliphatic rings. The first kappa shape index (κ1) is 21.8. The topological polar surface area (TPSA) is 87.0 Å². The number of likely N-dealkylation sites (tertiary alicyclic amines) is 1. The number of piperazine rings is 1. The fraction of sp³-hybridized carbons (Fsp3) is 0.522. The summed E-state index contributed by atoms with van der Waals surface area (Å²) in [5.74, 6) is 0.0217. The summed E-state index contributed by atoms with van der Waals surface area (Å²) in [6, 6.07) is 4.00. The van der Waals surface area contributed by atoms with Crippen LogP contribution in [0, 0.1) is 0 Å². The van der Waals surface area contributed by atoms with Crippen LogP contribution >= 0.6 is 11.6 Å². The second-order valence-corrected chi connectivity index (χ2v) is 9.09. The predicted octanol–water partition coefficient (Wildman–Crippen LogP) is 1.79. The van der Waals surface area contributed by atoms with Crippen molar-refractivity contribution in [3.8, 4) is 0 Å². The third-order valence-electron chi connectivity index (χ3n) is 6.65. The van der Waals surface area contributed by atoms with E-state index in [0.29, 0.717) is 48.5 Å². The second kappa shape index (κ2) is 9.01. The molecule has 0 spiro atoms. The fourth-order valence-electron chi connectivity index (χ4n) is 4.51. The SMILES string of the molecule is C=CC(=O)N1CC(N2CCN(C(=O)CCc3cc(C4CC4)c(Cl)cc3C(N)=O)CC2)C1. The van der Waals surface area contributed by atoms with Gasteiger partial charge in [-0.3, -0.25) is 19.3 Å². The molecule has 3 amide bonds. The van der Waals surface area contributed by atoms with E-state index in [-0.39, 0.29) is 11.8 Å². The molecule has 2 saturated heterocycles. The summed E-state index contributed by atoms with van der Waals surface area (Å²) in [5.41, 5.74) is 7.83. The highest BCUT2D eigenvalue weighted by molar-refractivity contribution is 6.32. The summed E-state index contributed by atoms with van der Waals surface area (Å²) in [7, 11) is 0. The number of hydrogen-bond acceptors (Lipinski definition) is 4. The van der Waals surface area contributed by atoms with Crippen molar-refractivity contribution in [2.24, 2.45) is 5.73 Å². The molecular formula is C23H29ClN4O3. The molecule has 4 rings (SSSR count). The minimum atomic E-state index is -0.509. The molecular weight excluding hydrogens is 416 g/mol. The fourth-order valence-corrected chi connectivity index (χ4v) is 4.83. The van der Waals surface area contributed by atoms with Crippen molar-refractivity contribution in [3.63, 3.8) is 0 Å². The van der Waals surface area contributed by atoms with Gasteiger partial charge in [0.15, 0.2) is 0 Å². The van der Waals surface area contributed by atoms with Gasteiger partial charge in [-0.25, -0.2) is 0 Å². The zero-order chi connectivity index (χ0) is 22.1. The van der Waals surface area contributed by atoms with E-state index in [1.54, 1.807) is 11.0 Å². The molecule has 1 aromatic rings. The zero-order valence-electron chi connectivity index (χ0n) is 17.7. The van der Waals surface area contributed by atoms with E-state index in [2.05, 4.69) is 11.5 Å². The number of halogens is 1. The Balaban J connectivity index is 1.29. The summed E-state index contributed by atoms with van der Waals surface area (Å²) in [6.07, 6.45) is 4.40. The van der Waals surface area contributed by atoms with E-state index < -0.39 is 5.91 Å². The largest absolute Gasteiger partial charge is 0.366 e. The lowest BCUT2D eigenvalue weighted by Crippen LogP contribution is -2.64. The third-order valence-corrected chi connectivity index (χ3v) is 6.97. The van der Waals surface area contributed by atoms with Crippen LogP contribution in [0.5, 0.6) is 0 Å².